The lowest BCUT2D eigenvalue weighted by Gasteiger charge is -2.43. The fraction of sp³-hybridized carbons (Fsp3) is 0.526. The lowest BCUT2D eigenvalue weighted by Crippen LogP contribution is -2.66. The molecule has 6 nitrogen and oxygen atoms in total. The molecule has 134 valence electrons. The van der Waals surface area contributed by atoms with Crippen molar-refractivity contribution in [3.05, 3.63) is 28.3 Å². The largest absolute Gasteiger partial charge is 0.484 e. The molecule has 4 unspecified atom stereocenters. The molecule has 1 aromatic carbocycles. The van der Waals surface area contributed by atoms with Gasteiger partial charge in [-0.3, -0.25) is 9.59 Å². The second kappa shape index (κ2) is 5.66. The number of fused-ring (bicyclic) bond motifs is 2. The number of rotatable bonds is 1. The van der Waals surface area contributed by atoms with Gasteiger partial charge >= 0.3 is 5.97 Å². The summed E-state index contributed by atoms with van der Waals surface area (Å²) >= 11 is 0. The molecular weight excluding hydrogens is 324 g/mol. The molecule has 1 aliphatic carbocycles. The SMILES string of the molecule is COC1(C)C(=O)C(=O)C(C)C2Oc3c(C)c(C)cc(C)c3C(=O)OC21. The number of aryl methyl sites for hydroxylation is 2. The third-order valence-corrected chi connectivity index (χ3v) is 5.52. The summed E-state index contributed by atoms with van der Waals surface area (Å²) in [5.74, 6) is -2.16. The topological polar surface area (TPSA) is 78.9 Å². The maximum atomic E-state index is 12.8. The maximum absolute atomic E-state index is 12.8. The van der Waals surface area contributed by atoms with Gasteiger partial charge in [-0.2, -0.15) is 0 Å². The Labute approximate surface area is 146 Å². The molecule has 0 amide bonds. The molecule has 1 heterocycles. The predicted octanol–water partition coefficient (Wildman–Crippen LogP) is 2.09. The summed E-state index contributed by atoms with van der Waals surface area (Å²) in [6, 6.07) is 1.89. The lowest BCUT2D eigenvalue weighted by molar-refractivity contribution is -0.183. The monoisotopic (exact) mass is 346 g/mol. The highest BCUT2D eigenvalue weighted by atomic mass is 16.6. The van der Waals surface area contributed by atoms with Gasteiger partial charge in [0, 0.05) is 7.11 Å². The molecule has 0 spiro atoms. The summed E-state index contributed by atoms with van der Waals surface area (Å²) in [4.78, 5) is 37.7. The number of carbonyl (C=O) groups excluding carboxylic acids is 3. The number of hydrogen-bond donors (Lipinski definition) is 0. The van der Waals surface area contributed by atoms with E-state index in [0.29, 0.717) is 11.3 Å². The zero-order chi connectivity index (χ0) is 18.7. The summed E-state index contributed by atoms with van der Waals surface area (Å²) in [5, 5.41) is 0. The van der Waals surface area contributed by atoms with Gasteiger partial charge in [0.15, 0.2) is 11.7 Å². The highest BCUT2D eigenvalue weighted by molar-refractivity contribution is 6.42. The van der Waals surface area contributed by atoms with Crippen LogP contribution in [0.4, 0.5) is 0 Å². The molecule has 25 heavy (non-hydrogen) atoms. The minimum absolute atomic E-state index is 0.336. The minimum Gasteiger partial charge on any atom is -0.484 e. The van der Waals surface area contributed by atoms with E-state index in [1.807, 2.05) is 19.9 Å². The lowest BCUT2D eigenvalue weighted by atomic mass is 9.74. The summed E-state index contributed by atoms with van der Waals surface area (Å²) in [6.45, 7) is 8.67. The van der Waals surface area contributed by atoms with Crippen LogP contribution in [0.5, 0.6) is 5.75 Å². The first kappa shape index (κ1) is 17.6. The van der Waals surface area contributed by atoms with Gasteiger partial charge in [0.2, 0.25) is 11.6 Å². The molecule has 0 saturated heterocycles. The van der Waals surface area contributed by atoms with Crippen LogP contribution in [0.2, 0.25) is 0 Å². The van der Waals surface area contributed by atoms with E-state index >= 15 is 0 Å². The van der Waals surface area contributed by atoms with Crippen molar-refractivity contribution in [3.8, 4) is 5.75 Å². The van der Waals surface area contributed by atoms with Crippen LogP contribution in [0.1, 0.15) is 40.9 Å². The van der Waals surface area contributed by atoms with Crippen molar-refractivity contribution in [2.75, 3.05) is 7.11 Å². The molecule has 1 aliphatic heterocycles. The standard InChI is InChI=1S/C19H22O6/c1-8-7-9(2)12-14(10(8)3)24-15-11(4)13(20)16(21)19(5,23-6)17(15)25-18(12)22/h7,11,15,17H,1-6H3. The van der Waals surface area contributed by atoms with Crippen molar-refractivity contribution in [3.63, 3.8) is 0 Å². The van der Waals surface area contributed by atoms with Crippen molar-refractivity contribution in [2.24, 2.45) is 5.92 Å². The molecule has 2 aliphatic rings. The van der Waals surface area contributed by atoms with E-state index in [9.17, 15) is 14.4 Å². The van der Waals surface area contributed by atoms with Gasteiger partial charge in [-0.05, 0) is 44.4 Å². The van der Waals surface area contributed by atoms with Crippen LogP contribution in [0.3, 0.4) is 0 Å². The van der Waals surface area contributed by atoms with Crippen LogP contribution in [-0.2, 0) is 19.1 Å². The zero-order valence-electron chi connectivity index (χ0n) is 15.3. The number of Topliss-reactive ketones (excluding diaryl/α,β-unsaturated/α-hetero) is 2. The van der Waals surface area contributed by atoms with E-state index in [1.54, 1.807) is 13.8 Å². The molecule has 1 saturated carbocycles. The summed E-state index contributed by atoms with van der Waals surface area (Å²) in [5.41, 5.74) is 1.29. The summed E-state index contributed by atoms with van der Waals surface area (Å²) in [7, 11) is 1.32. The van der Waals surface area contributed by atoms with E-state index in [4.69, 9.17) is 14.2 Å². The van der Waals surface area contributed by atoms with Crippen molar-refractivity contribution in [2.45, 2.75) is 52.4 Å². The average Bonchev–Trinajstić information content (AvgIpc) is 2.73. The number of carbonyl (C=O) groups is 3. The molecule has 6 heteroatoms. The Morgan fingerprint density at radius 1 is 1.08 bits per heavy atom. The van der Waals surface area contributed by atoms with Gasteiger partial charge in [-0.1, -0.05) is 13.0 Å². The van der Waals surface area contributed by atoms with Crippen LogP contribution >= 0.6 is 0 Å². The Balaban J connectivity index is 2.21. The van der Waals surface area contributed by atoms with Gasteiger partial charge in [0.1, 0.15) is 17.4 Å². The fourth-order valence-corrected chi connectivity index (χ4v) is 3.62. The first-order chi connectivity index (χ1) is 11.6. The minimum atomic E-state index is -1.57. The van der Waals surface area contributed by atoms with E-state index in [-0.39, 0.29) is 0 Å². The van der Waals surface area contributed by atoms with Crippen LogP contribution < -0.4 is 4.74 Å². The predicted molar refractivity (Wildman–Crippen MR) is 88.9 cm³/mol. The van der Waals surface area contributed by atoms with Gasteiger partial charge in [0.05, 0.1) is 5.92 Å². The van der Waals surface area contributed by atoms with Crippen LogP contribution in [0.15, 0.2) is 6.07 Å². The second-order valence-electron chi connectivity index (χ2n) is 7.04. The fourth-order valence-electron chi connectivity index (χ4n) is 3.62. The number of ether oxygens (including phenoxy) is 3. The zero-order valence-corrected chi connectivity index (χ0v) is 15.3. The molecule has 0 N–H and O–H groups in total. The number of hydrogen-bond acceptors (Lipinski definition) is 6. The number of esters is 1. The molecule has 0 aromatic heterocycles. The van der Waals surface area contributed by atoms with E-state index in [0.717, 1.165) is 16.7 Å². The summed E-state index contributed by atoms with van der Waals surface area (Å²) in [6.07, 6.45) is -1.79. The van der Waals surface area contributed by atoms with Gasteiger partial charge < -0.3 is 14.2 Å². The quantitative estimate of drug-likeness (QED) is 0.572. The van der Waals surface area contributed by atoms with Gasteiger partial charge in [-0.15, -0.1) is 0 Å². The van der Waals surface area contributed by atoms with E-state index in [2.05, 4.69) is 0 Å². The van der Waals surface area contributed by atoms with Crippen LogP contribution in [0.25, 0.3) is 0 Å². The molecular formula is C19H22O6. The first-order valence-electron chi connectivity index (χ1n) is 8.25. The molecule has 1 fully saturated rings. The Hall–Kier alpha value is -2.21. The van der Waals surface area contributed by atoms with Crippen molar-refractivity contribution >= 4 is 17.5 Å². The maximum Gasteiger partial charge on any atom is 0.342 e. The third-order valence-electron chi connectivity index (χ3n) is 5.52. The average molecular weight is 346 g/mol. The first-order valence-corrected chi connectivity index (χ1v) is 8.25. The van der Waals surface area contributed by atoms with E-state index < -0.39 is 41.3 Å². The Morgan fingerprint density at radius 3 is 2.32 bits per heavy atom. The molecule has 1 aromatic rings. The number of benzene rings is 1. The molecule has 0 radical (unpaired) electrons. The Kier molecular flexibility index (Phi) is 3.99. The molecule has 3 rings (SSSR count). The van der Waals surface area contributed by atoms with Gasteiger partial charge in [-0.25, -0.2) is 4.79 Å². The Bertz CT molecular complexity index is 796. The molecule has 0 bridgehead atoms. The number of ketones is 2. The molecule has 4 atom stereocenters. The van der Waals surface area contributed by atoms with E-state index in [1.165, 1.54) is 14.0 Å². The third kappa shape index (κ3) is 2.31. The van der Waals surface area contributed by atoms with Crippen LogP contribution in [-0.4, -0.2) is 42.5 Å². The van der Waals surface area contributed by atoms with Crippen molar-refractivity contribution in [1.82, 2.24) is 0 Å². The normalized spacial score (nSPS) is 31.6. The highest BCUT2D eigenvalue weighted by Gasteiger charge is 2.60. The Morgan fingerprint density at radius 2 is 1.72 bits per heavy atom. The smallest absolute Gasteiger partial charge is 0.342 e. The van der Waals surface area contributed by atoms with Crippen LogP contribution in [0, 0.1) is 26.7 Å². The van der Waals surface area contributed by atoms with Gasteiger partial charge in [0.25, 0.3) is 0 Å². The number of methoxy groups -OCH3 is 1. The highest BCUT2D eigenvalue weighted by Crippen LogP contribution is 2.41. The van der Waals surface area contributed by atoms with Crippen molar-refractivity contribution < 1.29 is 28.6 Å². The summed E-state index contributed by atoms with van der Waals surface area (Å²) < 4.78 is 17.1. The van der Waals surface area contributed by atoms with Crippen molar-refractivity contribution in [1.29, 1.82) is 0 Å². The second-order valence-corrected chi connectivity index (χ2v) is 7.04.